The molecule has 1 unspecified atom stereocenters. The van der Waals surface area contributed by atoms with Crippen molar-refractivity contribution in [2.45, 2.75) is 39.3 Å². The average molecular weight is 202 g/mol. The minimum Gasteiger partial charge on any atom is -0.293 e. The van der Waals surface area contributed by atoms with E-state index in [-0.39, 0.29) is 0 Å². The minimum atomic E-state index is 0.323. The summed E-state index contributed by atoms with van der Waals surface area (Å²) in [6, 6.07) is 0.682. The molecule has 1 saturated heterocycles. The summed E-state index contributed by atoms with van der Waals surface area (Å²) in [5.74, 6) is 0. The molecule has 1 aliphatic heterocycles. The van der Waals surface area contributed by atoms with Crippen LogP contribution in [0.25, 0.3) is 0 Å². The third-order valence-corrected chi connectivity index (χ3v) is 3.56. The molecule has 0 aliphatic carbocycles. The van der Waals surface area contributed by atoms with Gasteiger partial charge in [0, 0.05) is 31.2 Å². The van der Waals surface area contributed by atoms with Crippen LogP contribution >= 0.6 is 11.9 Å². The Morgan fingerprint density at radius 1 is 1.23 bits per heavy atom. The normalized spacial score (nSPS) is 27.9. The van der Waals surface area contributed by atoms with Gasteiger partial charge in [0.25, 0.3) is 0 Å². The first-order valence-corrected chi connectivity index (χ1v) is 6.19. The molecule has 78 valence electrons. The van der Waals surface area contributed by atoms with Crippen LogP contribution in [0, 0.1) is 0 Å². The lowest BCUT2D eigenvalue weighted by atomic mass is 10.0. The van der Waals surface area contributed by atoms with E-state index in [0.717, 1.165) is 0 Å². The predicted molar refractivity (Wildman–Crippen MR) is 61.0 cm³/mol. The van der Waals surface area contributed by atoms with Crippen LogP contribution < -0.4 is 0 Å². The quantitative estimate of drug-likeness (QED) is 0.601. The molecule has 0 radical (unpaired) electrons. The predicted octanol–water partition coefficient (Wildman–Crippen LogP) is 2.07. The first-order valence-electron chi connectivity index (χ1n) is 5.01. The van der Waals surface area contributed by atoms with Crippen LogP contribution in [0.4, 0.5) is 0 Å². The van der Waals surface area contributed by atoms with Crippen LogP contribution in [0.15, 0.2) is 0 Å². The highest BCUT2D eigenvalue weighted by molar-refractivity contribution is 7.96. The summed E-state index contributed by atoms with van der Waals surface area (Å²) in [7, 11) is 0. The maximum atomic E-state index is 2.60. The molecule has 0 N–H and O–H groups in total. The second kappa shape index (κ2) is 4.20. The Labute approximate surface area is 86.8 Å². The molecule has 1 fully saturated rings. The van der Waals surface area contributed by atoms with Crippen LogP contribution in [-0.2, 0) is 0 Å². The van der Waals surface area contributed by atoms with Crippen molar-refractivity contribution in [3.8, 4) is 0 Å². The van der Waals surface area contributed by atoms with E-state index >= 15 is 0 Å². The van der Waals surface area contributed by atoms with E-state index in [4.69, 9.17) is 0 Å². The van der Waals surface area contributed by atoms with Gasteiger partial charge in [-0.25, -0.2) is 4.31 Å². The van der Waals surface area contributed by atoms with Crippen molar-refractivity contribution in [3.05, 3.63) is 0 Å². The molecule has 1 rings (SSSR count). The zero-order valence-corrected chi connectivity index (χ0v) is 10.3. The van der Waals surface area contributed by atoms with Crippen LogP contribution in [-0.4, -0.2) is 46.7 Å². The van der Waals surface area contributed by atoms with Gasteiger partial charge in [-0.1, -0.05) is 11.9 Å². The minimum absolute atomic E-state index is 0.323. The maximum absolute atomic E-state index is 2.60. The first-order chi connectivity index (χ1) is 5.95. The Bertz CT molecular complexity index is 165. The first kappa shape index (κ1) is 11.3. The summed E-state index contributed by atoms with van der Waals surface area (Å²) in [4.78, 5) is 2.60. The number of rotatable bonds is 1. The highest BCUT2D eigenvalue weighted by atomic mass is 32.2. The van der Waals surface area contributed by atoms with Crippen molar-refractivity contribution in [2.24, 2.45) is 0 Å². The van der Waals surface area contributed by atoms with Crippen LogP contribution in [0.1, 0.15) is 27.7 Å². The second-order valence-corrected chi connectivity index (χ2v) is 5.67. The molecule has 3 heteroatoms. The summed E-state index contributed by atoms with van der Waals surface area (Å²) in [6.45, 7) is 12.8. The molecular weight excluding hydrogens is 180 g/mol. The van der Waals surface area contributed by atoms with E-state index in [1.807, 2.05) is 11.9 Å². The molecule has 0 aromatic rings. The van der Waals surface area contributed by atoms with Gasteiger partial charge in [-0.15, -0.1) is 0 Å². The molecule has 0 bridgehead atoms. The van der Waals surface area contributed by atoms with Crippen LogP contribution in [0.3, 0.4) is 0 Å². The lowest BCUT2D eigenvalue weighted by molar-refractivity contribution is 0.0477. The molecule has 1 heterocycles. The largest absolute Gasteiger partial charge is 0.293 e. The van der Waals surface area contributed by atoms with E-state index in [1.165, 1.54) is 19.6 Å². The summed E-state index contributed by atoms with van der Waals surface area (Å²) in [5.41, 5.74) is 0.323. The van der Waals surface area contributed by atoms with Gasteiger partial charge in [0.05, 0.1) is 0 Å². The highest BCUT2D eigenvalue weighted by Gasteiger charge is 2.30. The highest BCUT2D eigenvalue weighted by Crippen LogP contribution is 2.22. The number of hydrogen-bond donors (Lipinski definition) is 0. The van der Waals surface area contributed by atoms with Gasteiger partial charge in [-0.3, -0.25) is 4.90 Å². The van der Waals surface area contributed by atoms with E-state index in [0.29, 0.717) is 11.6 Å². The van der Waals surface area contributed by atoms with Gasteiger partial charge < -0.3 is 0 Å². The van der Waals surface area contributed by atoms with Gasteiger partial charge >= 0.3 is 0 Å². The fraction of sp³-hybridized carbons (Fsp3) is 1.00. The molecule has 0 amide bonds. The van der Waals surface area contributed by atoms with Crippen molar-refractivity contribution in [2.75, 3.05) is 25.9 Å². The van der Waals surface area contributed by atoms with E-state index < -0.39 is 0 Å². The summed E-state index contributed by atoms with van der Waals surface area (Å²) >= 11 is 1.87. The SMILES string of the molecule is CSN1CCN(C(C)(C)C)C(C)C1. The van der Waals surface area contributed by atoms with Gasteiger partial charge in [-0.2, -0.15) is 0 Å². The molecule has 0 saturated carbocycles. The monoisotopic (exact) mass is 202 g/mol. The third kappa shape index (κ3) is 2.86. The lowest BCUT2D eigenvalue weighted by Crippen LogP contribution is -2.56. The van der Waals surface area contributed by atoms with E-state index in [2.05, 4.69) is 43.2 Å². The van der Waals surface area contributed by atoms with E-state index in [9.17, 15) is 0 Å². The van der Waals surface area contributed by atoms with Gasteiger partial charge in [-0.05, 0) is 34.0 Å². The van der Waals surface area contributed by atoms with Crippen molar-refractivity contribution in [3.63, 3.8) is 0 Å². The Morgan fingerprint density at radius 3 is 2.23 bits per heavy atom. The number of nitrogens with zero attached hydrogens (tertiary/aromatic N) is 2. The van der Waals surface area contributed by atoms with E-state index in [1.54, 1.807) is 0 Å². The molecule has 1 atom stereocenters. The third-order valence-electron chi connectivity index (χ3n) is 2.71. The molecule has 1 aliphatic rings. The topological polar surface area (TPSA) is 6.48 Å². The molecule has 0 spiro atoms. The van der Waals surface area contributed by atoms with Crippen molar-refractivity contribution in [1.29, 1.82) is 0 Å². The van der Waals surface area contributed by atoms with Crippen molar-refractivity contribution >= 4 is 11.9 Å². The molecule has 0 aromatic heterocycles. The molecule has 0 aromatic carbocycles. The fourth-order valence-corrected chi connectivity index (χ4v) is 2.72. The number of piperazine rings is 1. The molecule has 13 heavy (non-hydrogen) atoms. The fourth-order valence-electron chi connectivity index (χ4n) is 2.09. The van der Waals surface area contributed by atoms with Crippen LogP contribution in [0.5, 0.6) is 0 Å². The van der Waals surface area contributed by atoms with Gasteiger partial charge in [0.15, 0.2) is 0 Å². The lowest BCUT2D eigenvalue weighted by Gasteiger charge is -2.46. The smallest absolute Gasteiger partial charge is 0.0244 e. The number of hydrogen-bond acceptors (Lipinski definition) is 3. The van der Waals surface area contributed by atoms with Crippen LogP contribution in [0.2, 0.25) is 0 Å². The zero-order chi connectivity index (χ0) is 10.1. The maximum Gasteiger partial charge on any atom is 0.0244 e. The Kier molecular flexibility index (Phi) is 3.66. The summed E-state index contributed by atoms with van der Waals surface area (Å²) in [5, 5.41) is 0. The standard InChI is InChI=1S/C10H22N2S/c1-9-8-11(13-5)6-7-12(9)10(2,3)4/h9H,6-8H2,1-5H3. The second-order valence-electron chi connectivity index (χ2n) is 4.78. The molecule has 2 nitrogen and oxygen atoms in total. The summed E-state index contributed by atoms with van der Waals surface area (Å²) < 4.78 is 2.45. The van der Waals surface area contributed by atoms with Crippen molar-refractivity contribution in [1.82, 2.24) is 9.21 Å². The summed E-state index contributed by atoms with van der Waals surface area (Å²) in [6.07, 6.45) is 2.17. The molecular formula is C10H22N2S. The van der Waals surface area contributed by atoms with Gasteiger partial charge in [0.1, 0.15) is 0 Å². The van der Waals surface area contributed by atoms with Crippen molar-refractivity contribution < 1.29 is 0 Å². The van der Waals surface area contributed by atoms with Gasteiger partial charge in [0.2, 0.25) is 0 Å². The zero-order valence-electron chi connectivity index (χ0n) is 9.50. The average Bonchev–Trinajstić information content (AvgIpc) is 2.01. The Morgan fingerprint density at radius 2 is 1.85 bits per heavy atom. The Balaban J connectivity index is 2.53. The Hall–Kier alpha value is 0.270.